The maximum Gasteiger partial charge on any atom is 0.271 e. The summed E-state index contributed by atoms with van der Waals surface area (Å²) in [6.45, 7) is 6.52. The smallest absolute Gasteiger partial charge is 0.271 e. The zero-order chi connectivity index (χ0) is 23.6. The summed E-state index contributed by atoms with van der Waals surface area (Å²) in [4.78, 5) is 22.0. The van der Waals surface area contributed by atoms with Crippen molar-refractivity contribution in [2.24, 2.45) is 0 Å². The number of ether oxygens (including phenoxy) is 4. The molecule has 1 amide bonds. The molecular formula is C25H26N4O5S. The lowest BCUT2D eigenvalue weighted by atomic mass is 10.1. The molecule has 3 aromatic rings. The number of piperazine rings is 1. The Labute approximate surface area is 207 Å². The number of nitrogens with zero attached hydrogens (tertiary/aromatic N) is 3. The average Bonchev–Trinajstić information content (AvgIpc) is 3.64. The number of carbonyl (C=O) groups is 1. The third-order valence-electron chi connectivity index (χ3n) is 6.34. The van der Waals surface area contributed by atoms with E-state index in [1.165, 1.54) is 16.9 Å². The van der Waals surface area contributed by atoms with Gasteiger partial charge in [0.2, 0.25) is 13.6 Å². The minimum absolute atomic E-state index is 0.168. The molecule has 0 unspecified atom stereocenters. The zero-order valence-corrected chi connectivity index (χ0v) is 20.0. The number of benzene rings is 2. The van der Waals surface area contributed by atoms with Crippen molar-refractivity contribution in [2.75, 3.05) is 39.8 Å². The molecule has 182 valence electrons. The van der Waals surface area contributed by atoms with Crippen LogP contribution in [0.5, 0.6) is 23.0 Å². The first-order chi connectivity index (χ1) is 17.2. The van der Waals surface area contributed by atoms with Crippen molar-refractivity contribution in [3.05, 3.63) is 63.6 Å². The molecule has 10 heteroatoms. The number of nitrogens with one attached hydrogen (secondary N) is 1. The van der Waals surface area contributed by atoms with E-state index in [2.05, 4.69) is 32.2 Å². The molecule has 0 radical (unpaired) electrons. The lowest BCUT2D eigenvalue weighted by molar-refractivity contribution is 0.0945. The van der Waals surface area contributed by atoms with Crippen LogP contribution >= 0.6 is 11.3 Å². The van der Waals surface area contributed by atoms with Gasteiger partial charge in [0, 0.05) is 44.6 Å². The highest BCUT2D eigenvalue weighted by atomic mass is 32.1. The number of thiazole rings is 1. The summed E-state index contributed by atoms with van der Waals surface area (Å²) in [5, 5.41) is 5.73. The average molecular weight is 495 g/mol. The summed E-state index contributed by atoms with van der Waals surface area (Å²) < 4.78 is 21.6. The van der Waals surface area contributed by atoms with Gasteiger partial charge < -0.3 is 24.3 Å². The fraction of sp³-hybridized carbons (Fsp3) is 0.360. The van der Waals surface area contributed by atoms with E-state index in [9.17, 15) is 4.79 Å². The Bertz CT molecular complexity index is 1220. The Morgan fingerprint density at radius 3 is 2.14 bits per heavy atom. The van der Waals surface area contributed by atoms with Crippen LogP contribution < -0.4 is 24.3 Å². The number of carbonyl (C=O) groups excluding carboxylic acids is 1. The third-order valence-corrected chi connectivity index (χ3v) is 7.17. The summed E-state index contributed by atoms with van der Waals surface area (Å²) >= 11 is 1.53. The highest BCUT2D eigenvalue weighted by molar-refractivity contribution is 7.09. The van der Waals surface area contributed by atoms with Gasteiger partial charge in [-0.25, -0.2) is 4.98 Å². The second kappa shape index (κ2) is 9.73. The van der Waals surface area contributed by atoms with Gasteiger partial charge in [-0.3, -0.25) is 14.6 Å². The Kier molecular flexibility index (Phi) is 6.15. The lowest BCUT2D eigenvalue weighted by Gasteiger charge is -2.34. The summed E-state index contributed by atoms with van der Waals surface area (Å²) in [6.07, 6.45) is 0. The van der Waals surface area contributed by atoms with Gasteiger partial charge in [0.1, 0.15) is 10.7 Å². The number of rotatable bonds is 7. The zero-order valence-electron chi connectivity index (χ0n) is 19.2. The maximum absolute atomic E-state index is 12.6. The van der Waals surface area contributed by atoms with Crippen LogP contribution in [0.4, 0.5) is 0 Å². The van der Waals surface area contributed by atoms with Gasteiger partial charge >= 0.3 is 0 Å². The fourth-order valence-electron chi connectivity index (χ4n) is 4.41. The van der Waals surface area contributed by atoms with Crippen LogP contribution in [-0.2, 0) is 19.6 Å². The first-order valence-corrected chi connectivity index (χ1v) is 12.5. The Hall–Kier alpha value is -3.34. The van der Waals surface area contributed by atoms with Crippen molar-refractivity contribution in [3.63, 3.8) is 0 Å². The Morgan fingerprint density at radius 2 is 1.43 bits per heavy atom. The van der Waals surface area contributed by atoms with Crippen LogP contribution in [0.25, 0.3) is 0 Å². The van der Waals surface area contributed by atoms with Crippen LogP contribution in [0.3, 0.4) is 0 Å². The van der Waals surface area contributed by atoms with E-state index in [4.69, 9.17) is 18.9 Å². The van der Waals surface area contributed by atoms with Crippen molar-refractivity contribution < 1.29 is 23.7 Å². The minimum atomic E-state index is -0.168. The third kappa shape index (κ3) is 5.04. The van der Waals surface area contributed by atoms with Crippen LogP contribution in [0.2, 0.25) is 0 Å². The van der Waals surface area contributed by atoms with E-state index in [1.807, 2.05) is 29.6 Å². The van der Waals surface area contributed by atoms with Gasteiger partial charge in [-0.05, 0) is 35.4 Å². The molecule has 0 bridgehead atoms. The monoisotopic (exact) mass is 494 g/mol. The van der Waals surface area contributed by atoms with Crippen LogP contribution in [0.15, 0.2) is 41.8 Å². The van der Waals surface area contributed by atoms with Gasteiger partial charge in [0.05, 0.1) is 6.54 Å². The molecule has 2 aromatic carbocycles. The van der Waals surface area contributed by atoms with E-state index in [0.717, 1.165) is 67.1 Å². The molecule has 1 N–H and O–H groups in total. The highest BCUT2D eigenvalue weighted by Crippen LogP contribution is 2.33. The van der Waals surface area contributed by atoms with Gasteiger partial charge in [-0.15, -0.1) is 11.3 Å². The molecule has 3 aliphatic rings. The standard InChI is InChI=1S/C25H26N4O5S/c30-25(26-11-17-1-3-20-22(9-17)33-15-31-20)19-14-35-24(27-19)13-29-7-5-28(6-8-29)12-18-2-4-21-23(10-18)34-16-32-21/h1-4,9-10,14H,5-8,11-13,15-16H2,(H,26,30). The van der Waals surface area contributed by atoms with E-state index in [1.54, 1.807) is 0 Å². The van der Waals surface area contributed by atoms with Crippen molar-refractivity contribution in [2.45, 2.75) is 19.6 Å². The summed E-state index contributed by atoms with van der Waals surface area (Å²) in [6, 6.07) is 11.8. The largest absolute Gasteiger partial charge is 0.454 e. The fourth-order valence-corrected chi connectivity index (χ4v) is 5.22. The molecule has 1 saturated heterocycles. The maximum atomic E-state index is 12.6. The molecule has 4 heterocycles. The van der Waals surface area contributed by atoms with Gasteiger partial charge in [-0.1, -0.05) is 12.1 Å². The predicted molar refractivity (Wildman–Crippen MR) is 129 cm³/mol. The van der Waals surface area contributed by atoms with Crippen molar-refractivity contribution in [3.8, 4) is 23.0 Å². The second-order valence-electron chi connectivity index (χ2n) is 8.74. The molecule has 1 aromatic heterocycles. The molecule has 35 heavy (non-hydrogen) atoms. The van der Waals surface area contributed by atoms with Crippen LogP contribution in [-0.4, -0.2) is 60.5 Å². The van der Waals surface area contributed by atoms with Crippen molar-refractivity contribution in [1.29, 1.82) is 0 Å². The van der Waals surface area contributed by atoms with Gasteiger partial charge in [0.25, 0.3) is 5.91 Å². The predicted octanol–water partition coefficient (Wildman–Crippen LogP) is 2.85. The highest BCUT2D eigenvalue weighted by Gasteiger charge is 2.21. The summed E-state index contributed by atoms with van der Waals surface area (Å²) in [5.74, 6) is 2.93. The first kappa shape index (κ1) is 22.1. The van der Waals surface area contributed by atoms with Gasteiger partial charge in [-0.2, -0.15) is 0 Å². The van der Waals surface area contributed by atoms with Crippen molar-refractivity contribution in [1.82, 2.24) is 20.1 Å². The number of hydrogen-bond donors (Lipinski definition) is 1. The van der Waals surface area contributed by atoms with E-state index < -0.39 is 0 Å². The quantitative estimate of drug-likeness (QED) is 0.537. The minimum Gasteiger partial charge on any atom is -0.454 e. The number of fused-ring (bicyclic) bond motifs is 2. The van der Waals surface area contributed by atoms with E-state index >= 15 is 0 Å². The molecular weight excluding hydrogens is 468 g/mol. The Morgan fingerprint density at radius 1 is 0.829 bits per heavy atom. The molecule has 0 atom stereocenters. The molecule has 3 aliphatic heterocycles. The topological polar surface area (TPSA) is 85.4 Å². The van der Waals surface area contributed by atoms with E-state index in [0.29, 0.717) is 24.8 Å². The normalized spacial score (nSPS) is 17.0. The summed E-state index contributed by atoms with van der Waals surface area (Å²) in [5.41, 5.74) is 2.66. The van der Waals surface area contributed by atoms with E-state index in [-0.39, 0.29) is 12.7 Å². The lowest BCUT2D eigenvalue weighted by Crippen LogP contribution is -2.45. The number of hydrogen-bond acceptors (Lipinski definition) is 9. The number of aromatic nitrogens is 1. The molecule has 9 nitrogen and oxygen atoms in total. The molecule has 1 fully saturated rings. The molecule has 0 saturated carbocycles. The first-order valence-electron chi connectivity index (χ1n) is 11.6. The molecule has 6 rings (SSSR count). The SMILES string of the molecule is O=C(NCc1ccc2c(c1)OCO2)c1csc(CN2CCN(Cc3ccc4c(c3)OCO4)CC2)n1. The molecule has 0 spiro atoms. The second-order valence-corrected chi connectivity index (χ2v) is 9.68. The van der Waals surface area contributed by atoms with Crippen LogP contribution in [0.1, 0.15) is 26.6 Å². The van der Waals surface area contributed by atoms with Gasteiger partial charge in [0.15, 0.2) is 23.0 Å². The van der Waals surface area contributed by atoms with Crippen molar-refractivity contribution >= 4 is 17.2 Å². The number of amides is 1. The molecule has 0 aliphatic carbocycles. The summed E-state index contributed by atoms with van der Waals surface area (Å²) in [7, 11) is 0. The van der Waals surface area contributed by atoms with Crippen LogP contribution in [0, 0.1) is 0 Å². The Balaban J connectivity index is 0.965.